The maximum Gasteiger partial charge on any atom is 0.416 e. The minimum absolute atomic E-state index is 0.0562. The van der Waals surface area contributed by atoms with E-state index in [9.17, 15) is 31.1 Å². The standard InChI is InChI=1S/C26H30F6N2O4/c27-25(28,29)21-14-20(15-22(17-21)26(30,31)32)6-12-38-23(16-19-4-2-1-3-5-19)34-9-7-33(8-10-34)11-13-37-18-24(35)36/h1-5,14-15,17,23H,6-13,16,18H2,(H,35,36). The topological polar surface area (TPSA) is 62.2 Å². The molecule has 1 aliphatic heterocycles. The summed E-state index contributed by atoms with van der Waals surface area (Å²) in [4.78, 5) is 14.8. The van der Waals surface area contributed by atoms with Crippen LogP contribution in [-0.4, -0.2) is 79.6 Å². The summed E-state index contributed by atoms with van der Waals surface area (Å²) in [6, 6.07) is 11.1. The Kier molecular flexibility index (Phi) is 10.5. The number of hydrogen-bond donors (Lipinski definition) is 1. The summed E-state index contributed by atoms with van der Waals surface area (Å²) in [5, 5.41) is 8.65. The molecular weight excluding hydrogens is 518 g/mol. The molecule has 0 radical (unpaired) electrons. The second-order valence-corrected chi connectivity index (χ2v) is 9.00. The third-order valence-corrected chi connectivity index (χ3v) is 6.19. The lowest BCUT2D eigenvalue weighted by Crippen LogP contribution is -2.52. The van der Waals surface area contributed by atoms with Crippen molar-refractivity contribution in [1.82, 2.24) is 9.80 Å². The molecule has 2 aromatic carbocycles. The fourth-order valence-corrected chi connectivity index (χ4v) is 4.21. The van der Waals surface area contributed by atoms with Crippen molar-refractivity contribution in [3.63, 3.8) is 0 Å². The Morgan fingerprint density at radius 2 is 1.47 bits per heavy atom. The molecule has 1 fully saturated rings. The Labute approximate surface area is 216 Å². The molecule has 0 spiro atoms. The van der Waals surface area contributed by atoms with Gasteiger partial charge in [-0.25, -0.2) is 4.79 Å². The number of carboxylic acids is 1. The van der Waals surface area contributed by atoms with Crippen molar-refractivity contribution >= 4 is 5.97 Å². The van der Waals surface area contributed by atoms with E-state index in [4.69, 9.17) is 14.6 Å². The number of benzene rings is 2. The van der Waals surface area contributed by atoms with E-state index in [0.717, 1.165) is 17.7 Å². The number of ether oxygens (including phenoxy) is 2. The largest absolute Gasteiger partial charge is 0.480 e. The molecular formula is C26H30F6N2O4. The Bertz CT molecular complexity index is 992. The number of nitrogens with zero attached hydrogens (tertiary/aromatic N) is 2. The molecule has 210 valence electrons. The predicted molar refractivity (Wildman–Crippen MR) is 127 cm³/mol. The van der Waals surface area contributed by atoms with Gasteiger partial charge in [-0.2, -0.15) is 26.3 Å². The van der Waals surface area contributed by atoms with E-state index in [1.54, 1.807) is 0 Å². The number of rotatable bonds is 12. The molecule has 1 N–H and O–H groups in total. The Balaban J connectivity index is 1.63. The third-order valence-electron chi connectivity index (χ3n) is 6.19. The van der Waals surface area contributed by atoms with Crippen LogP contribution in [0.2, 0.25) is 0 Å². The van der Waals surface area contributed by atoms with Gasteiger partial charge in [-0.15, -0.1) is 0 Å². The van der Waals surface area contributed by atoms with Crippen molar-refractivity contribution in [2.75, 3.05) is 52.5 Å². The molecule has 3 rings (SSSR count). The number of piperazine rings is 1. The van der Waals surface area contributed by atoms with E-state index in [-0.39, 0.29) is 37.9 Å². The van der Waals surface area contributed by atoms with Gasteiger partial charge in [-0.3, -0.25) is 9.80 Å². The second kappa shape index (κ2) is 13.4. The van der Waals surface area contributed by atoms with Gasteiger partial charge in [-0.1, -0.05) is 30.3 Å². The maximum atomic E-state index is 13.2. The zero-order chi connectivity index (χ0) is 27.8. The highest BCUT2D eigenvalue weighted by Gasteiger charge is 2.37. The molecule has 2 aromatic rings. The number of halogens is 6. The molecule has 12 heteroatoms. The monoisotopic (exact) mass is 548 g/mol. The van der Waals surface area contributed by atoms with Gasteiger partial charge in [0.25, 0.3) is 0 Å². The van der Waals surface area contributed by atoms with Crippen LogP contribution in [0.25, 0.3) is 0 Å². The van der Waals surface area contributed by atoms with Gasteiger partial charge in [0.2, 0.25) is 0 Å². The fourth-order valence-electron chi connectivity index (χ4n) is 4.21. The Morgan fingerprint density at radius 3 is 2.03 bits per heavy atom. The lowest BCUT2D eigenvalue weighted by molar-refractivity contribution is -0.144. The molecule has 6 nitrogen and oxygen atoms in total. The number of alkyl halides is 6. The molecule has 0 aromatic heterocycles. The van der Waals surface area contributed by atoms with Crippen molar-refractivity contribution in [1.29, 1.82) is 0 Å². The van der Waals surface area contributed by atoms with Crippen LogP contribution in [-0.2, 0) is 39.5 Å². The molecule has 0 saturated carbocycles. The quantitative estimate of drug-likeness (QED) is 0.310. The molecule has 1 aliphatic rings. The first-order valence-electron chi connectivity index (χ1n) is 12.1. The number of aliphatic carboxylic acids is 1. The van der Waals surface area contributed by atoms with Gasteiger partial charge < -0.3 is 14.6 Å². The molecule has 38 heavy (non-hydrogen) atoms. The third kappa shape index (κ3) is 9.57. The van der Waals surface area contributed by atoms with Gasteiger partial charge in [0.05, 0.1) is 24.3 Å². The lowest BCUT2D eigenvalue weighted by atomic mass is 10.0. The molecule has 1 heterocycles. The average molecular weight is 549 g/mol. The smallest absolute Gasteiger partial charge is 0.416 e. The average Bonchev–Trinajstić information content (AvgIpc) is 2.86. The van der Waals surface area contributed by atoms with Crippen LogP contribution in [0, 0.1) is 0 Å². The zero-order valence-corrected chi connectivity index (χ0v) is 20.6. The van der Waals surface area contributed by atoms with Crippen molar-refractivity contribution < 1.29 is 45.7 Å². The highest BCUT2D eigenvalue weighted by molar-refractivity contribution is 5.67. The van der Waals surface area contributed by atoms with Crippen LogP contribution in [0.1, 0.15) is 22.3 Å². The van der Waals surface area contributed by atoms with Crippen molar-refractivity contribution in [2.45, 2.75) is 31.4 Å². The van der Waals surface area contributed by atoms with Gasteiger partial charge in [0.15, 0.2) is 0 Å². The van der Waals surface area contributed by atoms with Crippen LogP contribution < -0.4 is 0 Å². The van der Waals surface area contributed by atoms with Gasteiger partial charge in [-0.05, 0) is 35.7 Å². The number of hydrogen-bond acceptors (Lipinski definition) is 5. The molecule has 0 amide bonds. The summed E-state index contributed by atoms with van der Waals surface area (Å²) in [6.07, 6.45) is -9.83. The lowest BCUT2D eigenvalue weighted by Gasteiger charge is -2.39. The maximum absolute atomic E-state index is 13.2. The number of carbonyl (C=O) groups is 1. The van der Waals surface area contributed by atoms with Gasteiger partial charge in [0.1, 0.15) is 12.8 Å². The summed E-state index contributed by atoms with van der Waals surface area (Å²) in [5.74, 6) is -1.03. The van der Waals surface area contributed by atoms with Crippen molar-refractivity contribution in [3.05, 3.63) is 70.8 Å². The van der Waals surface area contributed by atoms with Crippen molar-refractivity contribution in [3.8, 4) is 0 Å². The summed E-state index contributed by atoms with van der Waals surface area (Å²) in [6.45, 7) is 3.04. The van der Waals surface area contributed by atoms with Gasteiger partial charge in [0, 0.05) is 39.1 Å². The number of carboxylic acid groups (broad SMARTS) is 1. The fraction of sp³-hybridized carbons (Fsp3) is 0.500. The minimum atomic E-state index is -4.90. The van der Waals surface area contributed by atoms with Gasteiger partial charge >= 0.3 is 18.3 Å². The van der Waals surface area contributed by atoms with Crippen molar-refractivity contribution in [2.24, 2.45) is 0 Å². The van der Waals surface area contributed by atoms with Crippen LogP contribution >= 0.6 is 0 Å². The van der Waals surface area contributed by atoms with E-state index < -0.39 is 35.7 Å². The predicted octanol–water partition coefficient (Wildman–Crippen LogP) is 4.57. The zero-order valence-electron chi connectivity index (χ0n) is 20.6. The summed E-state index contributed by atoms with van der Waals surface area (Å²) in [7, 11) is 0. The van der Waals surface area contributed by atoms with Crippen LogP contribution in [0.4, 0.5) is 26.3 Å². The van der Waals surface area contributed by atoms with E-state index in [1.165, 1.54) is 0 Å². The Morgan fingerprint density at radius 1 is 0.868 bits per heavy atom. The highest BCUT2D eigenvalue weighted by Crippen LogP contribution is 2.36. The normalized spacial score (nSPS) is 16.5. The van der Waals surface area contributed by atoms with E-state index in [1.807, 2.05) is 30.3 Å². The Hall–Kier alpha value is -2.67. The summed E-state index contributed by atoms with van der Waals surface area (Å²) < 4.78 is 90.3. The molecule has 1 saturated heterocycles. The van der Waals surface area contributed by atoms with Crippen LogP contribution in [0.15, 0.2) is 48.5 Å². The van der Waals surface area contributed by atoms with E-state index in [0.29, 0.717) is 39.1 Å². The molecule has 0 aliphatic carbocycles. The highest BCUT2D eigenvalue weighted by atomic mass is 19.4. The SMILES string of the molecule is O=C(O)COCCN1CCN(C(Cc2ccccc2)OCCc2cc(C(F)(F)F)cc(C(F)(F)F)c2)CC1. The first kappa shape index (κ1) is 29.9. The van der Waals surface area contributed by atoms with Crippen LogP contribution in [0.3, 0.4) is 0 Å². The minimum Gasteiger partial charge on any atom is -0.480 e. The molecule has 1 unspecified atom stereocenters. The van der Waals surface area contributed by atoms with Crippen LogP contribution in [0.5, 0.6) is 0 Å². The van der Waals surface area contributed by atoms with E-state index in [2.05, 4.69) is 9.80 Å². The first-order chi connectivity index (χ1) is 17.9. The molecule has 0 bridgehead atoms. The second-order valence-electron chi connectivity index (χ2n) is 9.00. The summed E-state index contributed by atoms with van der Waals surface area (Å²) in [5.41, 5.74) is -1.80. The molecule has 1 atom stereocenters. The first-order valence-corrected chi connectivity index (χ1v) is 12.1. The van der Waals surface area contributed by atoms with E-state index >= 15 is 0 Å². The summed E-state index contributed by atoms with van der Waals surface area (Å²) >= 11 is 0.